The fraction of sp³-hybridized carbons (Fsp3) is 0.625. The summed E-state index contributed by atoms with van der Waals surface area (Å²) in [6.07, 6.45) is 12.4. The summed E-state index contributed by atoms with van der Waals surface area (Å²) in [5.74, 6) is -0.442. The second-order valence-electron chi connectivity index (χ2n) is 5.04. The number of unbranched alkanes of at least 4 members (excludes halogenated alkanes) is 7. The molecule has 1 aromatic heterocycles. The van der Waals surface area contributed by atoms with Crippen molar-refractivity contribution in [2.75, 3.05) is 6.61 Å². The van der Waals surface area contributed by atoms with Crippen LogP contribution in [0.25, 0.3) is 0 Å². The summed E-state index contributed by atoms with van der Waals surface area (Å²) >= 11 is 0. The van der Waals surface area contributed by atoms with Gasteiger partial charge in [0.15, 0.2) is 0 Å². The Morgan fingerprint density at radius 2 is 1.75 bits per heavy atom. The Bertz CT molecular complexity index is 393. The molecule has 4 nitrogen and oxygen atoms in total. The third kappa shape index (κ3) is 7.12. The quantitative estimate of drug-likeness (QED) is 0.518. The molecule has 0 bridgehead atoms. The van der Waals surface area contributed by atoms with Gasteiger partial charge in [0.2, 0.25) is 0 Å². The molecular weight excluding hydrogens is 254 g/mol. The van der Waals surface area contributed by atoms with Crippen molar-refractivity contribution in [2.24, 2.45) is 0 Å². The summed E-state index contributed by atoms with van der Waals surface area (Å²) in [5, 5.41) is 9.22. The summed E-state index contributed by atoms with van der Waals surface area (Å²) < 4.78 is 5.14. The van der Waals surface area contributed by atoms with Crippen LogP contribution in [0.15, 0.2) is 18.5 Å². The van der Waals surface area contributed by atoms with E-state index in [2.05, 4.69) is 11.9 Å². The van der Waals surface area contributed by atoms with Crippen LogP contribution in [0.1, 0.15) is 68.6 Å². The van der Waals surface area contributed by atoms with Crippen molar-refractivity contribution in [1.29, 1.82) is 0 Å². The first-order valence-electron chi connectivity index (χ1n) is 7.55. The third-order valence-electron chi connectivity index (χ3n) is 3.19. The maximum atomic E-state index is 11.6. The van der Waals surface area contributed by atoms with Crippen LogP contribution in [0.3, 0.4) is 0 Å². The van der Waals surface area contributed by atoms with Gasteiger partial charge in [-0.2, -0.15) is 0 Å². The first-order chi connectivity index (χ1) is 9.74. The van der Waals surface area contributed by atoms with Crippen LogP contribution in [0.5, 0.6) is 5.75 Å². The second-order valence-corrected chi connectivity index (χ2v) is 5.04. The van der Waals surface area contributed by atoms with E-state index in [-0.39, 0.29) is 5.75 Å². The van der Waals surface area contributed by atoms with E-state index in [1.54, 1.807) is 0 Å². The van der Waals surface area contributed by atoms with Crippen molar-refractivity contribution in [3.05, 3.63) is 24.0 Å². The highest BCUT2D eigenvalue weighted by Crippen LogP contribution is 2.11. The maximum Gasteiger partial charge on any atom is 0.339 e. The number of ether oxygens (including phenoxy) is 1. The van der Waals surface area contributed by atoms with Crippen LogP contribution in [-0.2, 0) is 4.74 Å². The monoisotopic (exact) mass is 279 g/mol. The van der Waals surface area contributed by atoms with E-state index in [9.17, 15) is 9.90 Å². The molecule has 1 N–H and O–H groups in total. The summed E-state index contributed by atoms with van der Waals surface area (Å²) in [6.45, 7) is 2.65. The predicted molar refractivity (Wildman–Crippen MR) is 78.8 cm³/mol. The van der Waals surface area contributed by atoms with E-state index in [1.807, 2.05) is 0 Å². The minimum Gasteiger partial charge on any atom is -0.506 e. The molecule has 20 heavy (non-hydrogen) atoms. The Balaban J connectivity index is 2.02. The summed E-state index contributed by atoms with van der Waals surface area (Å²) in [4.78, 5) is 15.4. The number of pyridine rings is 1. The molecule has 4 heteroatoms. The van der Waals surface area contributed by atoms with Gasteiger partial charge in [-0.15, -0.1) is 0 Å². The number of rotatable bonds is 10. The second kappa shape index (κ2) is 10.2. The largest absolute Gasteiger partial charge is 0.506 e. The van der Waals surface area contributed by atoms with Crippen LogP contribution in [-0.4, -0.2) is 22.7 Å². The molecule has 0 spiro atoms. The van der Waals surface area contributed by atoms with E-state index in [0.717, 1.165) is 12.8 Å². The number of aromatic hydroxyl groups is 1. The average Bonchev–Trinajstić information content (AvgIpc) is 2.45. The molecule has 112 valence electrons. The van der Waals surface area contributed by atoms with Gasteiger partial charge in [0.1, 0.15) is 5.75 Å². The molecule has 1 heterocycles. The Morgan fingerprint density at radius 3 is 2.40 bits per heavy atom. The predicted octanol–water partition coefficient (Wildman–Crippen LogP) is 4.08. The highest BCUT2D eigenvalue weighted by Gasteiger charge is 2.07. The van der Waals surface area contributed by atoms with E-state index >= 15 is 0 Å². The molecule has 0 atom stereocenters. The van der Waals surface area contributed by atoms with Gasteiger partial charge in [-0.25, -0.2) is 4.79 Å². The smallest absolute Gasteiger partial charge is 0.339 e. The lowest BCUT2D eigenvalue weighted by Gasteiger charge is -2.05. The lowest BCUT2D eigenvalue weighted by atomic mass is 10.1. The number of esters is 1. The maximum absolute atomic E-state index is 11.6. The fourth-order valence-electron chi connectivity index (χ4n) is 2.02. The minimum atomic E-state index is -0.420. The topological polar surface area (TPSA) is 59.4 Å². The van der Waals surface area contributed by atoms with Gasteiger partial charge in [0, 0.05) is 6.20 Å². The number of nitrogens with zero attached hydrogens (tertiary/aromatic N) is 1. The molecule has 1 aromatic rings. The van der Waals surface area contributed by atoms with Crippen molar-refractivity contribution in [3.63, 3.8) is 0 Å². The van der Waals surface area contributed by atoms with Crippen LogP contribution in [0, 0.1) is 0 Å². The SMILES string of the molecule is CCCCCCCCCCOC(=O)c1cncc(O)c1. The first-order valence-corrected chi connectivity index (χ1v) is 7.55. The van der Waals surface area contributed by atoms with E-state index in [0.29, 0.717) is 12.2 Å². The van der Waals surface area contributed by atoms with Crippen molar-refractivity contribution >= 4 is 5.97 Å². The number of hydrogen-bond acceptors (Lipinski definition) is 4. The number of hydrogen-bond donors (Lipinski definition) is 1. The van der Waals surface area contributed by atoms with E-state index < -0.39 is 5.97 Å². The Kier molecular flexibility index (Phi) is 8.43. The zero-order valence-corrected chi connectivity index (χ0v) is 12.3. The summed E-state index contributed by atoms with van der Waals surface area (Å²) in [6, 6.07) is 1.36. The van der Waals surface area contributed by atoms with Gasteiger partial charge in [-0.05, 0) is 12.5 Å². The first kappa shape index (κ1) is 16.5. The van der Waals surface area contributed by atoms with Gasteiger partial charge in [-0.1, -0.05) is 51.9 Å². The molecule has 0 aliphatic rings. The van der Waals surface area contributed by atoms with Gasteiger partial charge >= 0.3 is 5.97 Å². The van der Waals surface area contributed by atoms with Crippen molar-refractivity contribution in [2.45, 2.75) is 58.3 Å². The fourth-order valence-corrected chi connectivity index (χ4v) is 2.02. The molecular formula is C16H25NO3. The van der Waals surface area contributed by atoms with Crippen molar-refractivity contribution < 1.29 is 14.6 Å². The van der Waals surface area contributed by atoms with Crippen LogP contribution >= 0.6 is 0 Å². The van der Waals surface area contributed by atoms with E-state index in [4.69, 9.17) is 4.74 Å². The Labute approximate surface area is 121 Å². The molecule has 0 unspecified atom stereocenters. The third-order valence-corrected chi connectivity index (χ3v) is 3.19. The minimum absolute atomic E-state index is 0.0217. The average molecular weight is 279 g/mol. The zero-order valence-electron chi connectivity index (χ0n) is 12.3. The highest BCUT2D eigenvalue weighted by atomic mass is 16.5. The van der Waals surface area contributed by atoms with Crippen molar-refractivity contribution in [1.82, 2.24) is 4.98 Å². The standard InChI is InChI=1S/C16H25NO3/c1-2-3-4-5-6-7-8-9-10-20-16(19)14-11-15(18)13-17-12-14/h11-13,18H,2-10H2,1H3. The number of carbonyl (C=O) groups is 1. The molecule has 0 aliphatic carbocycles. The number of carbonyl (C=O) groups excluding carboxylic acids is 1. The summed E-state index contributed by atoms with van der Waals surface area (Å²) in [7, 11) is 0. The molecule has 0 aliphatic heterocycles. The molecule has 0 saturated heterocycles. The Morgan fingerprint density at radius 1 is 1.10 bits per heavy atom. The normalized spacial score (nSPS) is 10.4. The molecule has 1 rings (SSSR count). The molecule has 0 saturated carbocycles. The molecule has 0 radical (unpaired) electrons. The number of aromatic nitrogens is 1. The molecule has 0 fully saturated rings. The van der Waals surface area contributed by atoms with Gasteiger partial charge in [-0.3, -0.25) is 4.98 Å². The summed E-state index contributed by atoms with van der Waals surface area (Å²) in [5.41, 5.74) is 0.296. The molecule has 0 aromatic carbocycles. The van der Waals surface area contributed by atoms with Crippen LogP contribution < -0.4 is 0 Å². The zero-order chi connectivity index (χ0) is 14.6. The lowest BCUT2D eigenvalue weighted by Crippen LogP contribution is -2.06. The van der Waals surface area contributed by atoms with Gasteiger partial charge in [0.25, 0.3) is 0 Å². The van der Waals surface area contributed by atoms with Crippen LogP contribution in [0.2, 0.25) is 0 Å². The van der Waals surface area contributed by atoms with Gasteiger partial charge in [0.05, 0.1) is 18.4 Å². The van der Waals surface area contributed by atoms with Crippen LogP contribution in [0.4, 0.5) is 0 Å². The van der Waals surface area contributed by atoms with Gasteiger partial charge < -0.3 is 9.84 Å². The van der Waals surface area contributed by atoms with Crippen molar-refractivity contribution in [3.8, 4) is 5.75 Å². The molecule has 0 amide bonds. The van der Waals surface area contributed by atoms with E-state index in [1.165, 1.54) is 57.0 Å². The highest BCUT2D eigenvalue weighted by molar-refractivity contribution is 5.89. The lowest BCUT2D eigenvalue weighted by molar-refractivity contribution is 0.0496. The Hall–Kier alpha value is -1.58.